The van der Waals surface area contributed by atoms with Crippen molar-refractivity contribution in [1.82, 2.24) is 10.6 Å². The third-order valence-corrected chi connectivity index (χ3v) is 4.57. The maximum absolute atomic E-state index is 12.8. The van der Waals surface area contributed by atoms with Gasteiger partial charge < -0.3 is 15.7 Å². The van der Waals surface area contributed by atoms with Gasteiger partial charge in [-0.1, -0.05) is 62.4 Å². The fourth-order valence-corrected chi connectivity index (χ4v) is 3.08. The lowest BCUT2D eigenvalue weighted by Gasteiger charge is -2.21. The Morgan fingerprint density at radius 3 is 2.07 bits per heavy atom. The van der Waals surface area contributed by atoms with E-state index >= 15 is 0 Å². The molecular formula is C23H28N2O4. The Labute approximate surface area is 171 Å². The molecule has 154 valence electrons. The molecule has 2 unspecified atom stereocenters. The smallest absolute Gasteiger partial charge is 0.308 e. The molecule has 0 aromatic heterocycles. The second kappa shape index (κ2) is 11.0. The van der Waals surface area contributed by atoms with Crippen LogP contribution in [0.4, 0.5) is 0 Å². The predicted octanol–water partition coefficient (Wildman–Crippen LogP) is 2.89. The highest BCUT2D eigenvalue weighted by atomic mass is 16.4. The highest BCUT2D eigenvalue weighted by Crippen LogP contribution is 2.12. The third kappa shape index (κ3) is 7.41. The van der Waals surface area contributed by atoms with E-state index in [1.165, 1.54) is 0 Å². The Kier molecular flexibility index (Phi) is 8.40. The summed E-state index contributed by atoms with van der Waals surface area (Å²) in [6.07, 6.45) is 0.780. The normalized spacial score (nSPS) is 12.8. The van der Waals surface area contributed by atoms with E-state index in [-0.39, 0.29) is 18.4 Å². The lowest BCUT2D eigenvalue weighted by atomic mass is 9.97. The van der Waals surface area contributed by atoms with Crippen molar-refractivity contribution in [2.75, 3.05) is 6.54 Å². The number of aliphatic carboxylic acids is 1. The molecule has 2 aromatic carbocycles. The van der Waals surface area contributed by atoms with Gasteiger partial charge in [-0.15, -0.1) is 0 Å². The van der Waals surface area contributed by atoms with Crippen molar-refractivity contribution >= 4 is 17.8 Å². The molecule has 0 aliphatic rings. The van der Waals surface area contributed by atoms with E-state index in [1.54, 1.807) is 24.3 Å². The zero-order chi connectivity index (χ0) is 21.2. The molecule has 0 aliphatic carbocycles. The Morgan fingerprint density at radius 2 is 1.52 bits per heavy atom. The number of carbonyl (C=O) groups is 3. The first-order valence-electron chi connectivity index (χ1n) is 9.77. The van der Waals surface area contributed by atoms with Crippen LogP contribution in [0.3, 0.4) is 0 Å². The molecule has 3 N–H and O–H groups in total. The van der Waals surface area contributed by atoms with Crippen molar-refractivity contribution < 1.29 is 19.5 Å². The maximum Gasteiger partial charge on any atom is 0.308 e. The van der Waals surface area contributed by atoms with Gasteiger partial charge in [0, 0.05) is 18.5 Å². The topological polar surface area (TPSA) is 95.5 Å². The molecule has 2 aromatic rings. The number of carbonyl (C=O) groups excluding carboxylic acids is 2. The third-order valence-electron chi connectivity index (χ3n) is 4.57. The summed E-state index contributed by atoms with van der Waals surface area (Å²) in [5, 5.41) is 14.9. The largest absolute Gasteiger partial charge is 0.481 e. The van der Waals surface area contributed by atoms with Gasteiger partial charge in [-0.25, -0.2) is 0 Å². The average molecular weight is 396 g/mol. The van der Waals surface area contributed by atoms with Crippen molar-refractivity contribution in [3.05, 3.63) is 71.8 Å². The van der Waals surface area contributed by atoms with Gasteiger partial charge in [-0.2, -0.15) is 0 Å². The molecule has 0 fully saturated rings. The molecule has 0 saturated heterocycles. The summed E-state index contributed by atoms with van der Waals surface area (Å²) >= 11 is 0. The first kappa shape index (κ1) is 22.1. The van der Waals surface area contributed by atoms with Gasteiger partial charge >= 0.3 is 5.97 Å². The zero-order valence-electron chi connectivity index (χ0n) is 16.8. The van der Waals surface area contributed by atoms with E-state index in [1.807, 2.05) is 50.2 Å². The summed E-state index contributed by atoms with van der Waals surface area (Å²) in [4.78, 5) is 36.8. The monoisotopic (exact) mass is 396 g/mol. The van der Waals surface area contributed by atoms with Crippen LogP contribution >= 0.6 is 0 Å². The quantitative estimate of drug-likeness (QED) is 0.575. The summed E-state index contributed by atoms with van der Waals surface area (Å²) < 4.78 is 0. The first-order chi connectivity index (χ1) is 13.9. The molecule has 2 rings (SSSR count). The van der Waals surface area contributed by atoms with Crippen molar-refractivity contribution in [1.29, 1.82) is 0 Å². The molecular weight excluding hydrogens is 368 g/mol. The Hall–Kier alpha value is -3.15. The van der Waals surface area contributed by atoms with Crippen LogP contribution in [0.25, 0.3) is 0 Å². The second-order valence-corrected chi connectivity index (χ2v) is 7.49. The SMILES string of the molecule is CC(C)CC(CNC(=O)C(Cc1ccccc1)NC(=O)c1ccccc1)C(=O)O. The number of hydrogen-bond acceptors (Lipinski definition) is 3. The van der Waals surface area contributed by atoms with E-state index in [4.69, 9.17) is 0 Å². The predicted molar refractivity (Wildman–Crippen MR) is 111 cm³/mol. The van der Waals surface area contributed by atoms with Gasteiger partial charge in [0.25, 0.3) is 5.91 Å². The summed E-state index contributed by atoms with van der Waals surface area (Å²) in [5.74, 6) is -2.15. The Bertz CT molecular complexity index is 806. The van der Waals surface area contributed by atoms with Crippen molar-refractivity contribution in [2.24, 2.45) is 11.8 Å². The van der Waals surface area contributed by atoms with Crippen LogP contribution in [0.2, 0.25) is 0 Å². The van der Waals surface area contributed by atoms with Crippen molar-refractivity contribution in [3.8, 4) is 0 Å². The van der Waals surface area contributed by atoms with Gasteiger partial charge in [-0.05, 0) is 30.0 Å². The molecule has 29 heavy (non-hydrogen) atoms. The minimum Gasteiger partial charge on any atom is -0.481 e. The van der Waals surface area contributed by atoms with Crippen molar-refractivity contribution in [2.45, 2.75) is 32.7 Å². The number of carboxylic acids is 1. The molecule has 2 amide bonds. The van der Waals surface area contributed by atoms with Crippen LogP contribution in [0.1, 0.15) is 36.2 Å². The van der Waals surface area contributed by atoms with Crippen LogP contribution in [0, 0.1) is 11.8 Å². The minimum atomic E-state index is -0.938. The second-order valence-electron chi connectivity index (χ2n) is 7.49. The van der Waals surface area contributed by atoms with Gasteiger partial charge in [0.15, 0.2) is 0 Å². The van der Waals surface area contributed by atoms with Crippen LogP contribution in [-0.4, -0.2) is 35.5 Å². The number of rotatable bonds is 10. The molecule has 6 heteroatoms. The van der Waals surface area contributed by atoms with E-state index in [9.17, 15) is 19.5 Å². The van der Waals surface area contributed by atoms with E-state index in [2.05, 4.69) is 10.6 Å². The molecule has 0 radical (unpaired) electrons. The molecule has 0 aliphatic heterocycles. The standard InChI is InChI=1S/C23H28N2O4/c1-16(2)13-19(23(28)29)15-24-22(27)20(14-17-9-5-3-6-10-17)25-21(26)18-11-7-4-8-12-18/h3-12,16,19-20H,13-15H2,1-2H3,(H,24,27)(H,25,26)(H,28,29). The van der Waals surface area contributed by atoms with Crippen LogP contribution in [-0.2, 0) is 16.0 Å². The van der Waals surface area contributed by atoms with E-state index in [0.717, 1.165) is 5.56 Å². The fourth-order valence-electron chi connectivity index (χ4n) is 3.08. The molecule has 0 spiro atoms. The van der Waals surface area contributed by atoms with Gasteiger partial charge in [0.1, 0.15) is 6.04 Å². The Balaban J connectivity index is 2.09. The number of nitrogens with one attached hydrogen (secondary N) is 2. The van der Waals surface area contributed by atoms with Crippen LogP contribution in [0.5, 0.6) is 0 Å². The molecule has 0 bridgehead atoms. The van der Waals surface area contributed by atoms with Crippen molar-refractivity contribution in [3.63, 3.8) is 0 Å². The fraction of sp³-hybridized carbons (Fsp3) is 0.348. The summed E-state index contributed by atoms with van der Waals surface area (Å²) in [6, 6.07) is 17.2. The summed E-state index contributed by atoms with van der Waals surface area (Å²) in [7, 11) is 0. The Morgan fingerprint density at radius 1 is 0.931 bits per heavy atom. The molecule has 2 atom stereocenters. The van der Waals surface area contributed by atoms with Crippen LogP contribution < -0.4 is 10.6 Å². The van der Waals surface area contributed by atoms with Crippen LogP contribution in [0.15, 0.2) is 60.7 Å². The number of amides is 2. The number of hydrogen-bond donors (Lipinski definition) is 3. The lowest BCUT2D eigenvalue weighted by molar-refractivity contribution is -0.142. The first-order valence-corrected chi connectivity index (χ1v) is 9.77. The maximum atomic E-state index is 12.8. The zero-order valence-corrected chi connectivity index (χ0v) is 16.8. The molecule has 0 saturated carbocycles. The minimum absolute atomic E-state index is 0.0266. The molecule has 6 nitrogen and oxygen atoms in total. The van der Waals surface area contributed by atoms with Gasteiger partial charge in [-0.3, -0.25) is 14.4 Å². The lowest BCUT2D eigenvalue weighted by Crippen LogP contribution is -2.49. The summed E-state index contributed by atoms with van der Waals surface area (Å²) in [5.41, 5.74) is 1.36. The highest BCUT2D eigenvalue weighted by molar-refractivity contribution is 5.97. The van der Waals surface area contributed by atoms with E-state index in [0.29, 0.717) is 18.4 Å². The summed E-state index contributed by atoms with van der Waals surface area (Å²) in [6.45, 7) is 3.91. The van der Waals surface area contributed by atoms with E-state index < -0.39 is 23.8 Å². The number of carboxylic acid groups (broad SMARTS) is 1. The number of benzene rings is 2. The highest BCUT2D eigenvalue weighted by Gasteiger charge is 2.25. The van der Waals surface area contributed by atoms with Gasteiger partial charge in [0.2, 0.25) is 5.91 Å². The van der Waals surface area contributed by atoms with Gasteiger partial charge in [0.05, 0.1) is 5.92 Å². The molecule has 0 heterocycles. The average Bonchev–Trinajstić information content (AvgIpc) is 2.71.